The standard InChI is InChI=1S/C16H19N3O2/c1-11-6-16(21)19(18-8-11)10-15(20)13-3-2-12-4-5-17-9-14(12)7-13/h2-3,7-8,11,17H,4-6,9-10H2,1H3. The number of fused-ring (bicyclic) bond motifs is 1. The number of carbonyl (C=O) groups is 2. The molecule has 21 heavy (non-hydrogen) atoms. The van der Waals surface area contributed by atoms with Gasteiger partial charge in [0.25, 0.3) is 0 Å². The van der Waals surface area contributed by atoms with Crippen LogP contribution in [0, 0.1) is 5.92 Å². The Balaban J connectivity index is 1.73. The lowest BCUT2D eigenvalue weighted by molar-refractivity contribution is -0.131. The molecular weight excluding hydrogens is 266 g/mol. The molecular formula is C16H19N3O2. The highest BCUT2D eigenvalue weighted by Crippen LogP contribution is 2.17. The maximum atomic E-state index is 12.3. The van der Waals surface area contributed by atoms with E-state index in [0.29, 0.717) is 12.0 Å². The van der Waals surface area contributed by atoms with Crippen LogP contribution in [-0.2, 0) is 17.8 Å². The summed E-state index contributed by atoms with van der Waals surface area (Å²) >= 11 is 0. The molecule has 2 aliphatic heterocycles. The Morgan fingerprint density at radius 3 is 3.10 bits per heavy atom. The Kier molecular flexibility index (Phi) is 3.84. The third-order valence-electron chi connectivity index (χ3n) is 3.95. The second-order valence-electron chi connectivity index (χ2n) is 5.73. The Hall–Kier alpha value is -2.01. The van der Waals surface area contributed by atoms with Gasteiger partial charge in [0, 0.05) is 30.7 Å². The van der Waals surface area contributed by atoms with E-state index in [4.69, 9.17) is 0 Å². The molecule has 2 heterocycles. The Bertz CT molecular complexity index is 610. The average molecular weight is 285 g/mol. The van der Waals surface area contributed by atoms with Gasteiger partial charge in [-0.25, -0.2) is 5.01 Å². The van der Waals surface area contributed by atoms with Crippen LogP contribution in [0.5, 0.6) is 0 Å². The van der Waals surface area contributed by atoms with Gasteiger partial charge in [0.05, 0.1) is 0 Å². The summed E-state index contributed by atoms with van der Waals surface area (Å²) in [6.07, 6.45) is 3.15. The van der Waals surface area contributed by atoms with Crippen LogP contribution in [0.2, 0.25) is 0 Å². The average Bonchev–Trinajstić information content (AvgIpc) is 2.49. The zero-order valence-electron chi connectivity index (χ0n) is 12.1. The van der Waals surface area contributed by atoms with Crippen LogP contribution >= 0.6 is 0 Å². The number of carbonyl (C=O) groups excluding carboxylic acids is 2. The maximum absolute atomic E-state index is 12.3. The van der Waals surface area contributed by atoms with Gasteiger partial charge in [-0.15, -0.1) is 0 Å². The van der Waals surface area contributed by atoms with Crippen LogP contribution in [0.15, 0.2) is 23.3 Å². The molecule has 3 rings (SSSR count). The molecule has 0 fully saturated rings. The maximum Gasteiger partial charge on any atom is 0.243 e. The van der Waals surface area contributed by atoms with Gasteiger partial charge in [0.1, 0.15) is 6.54 Å². The van der Waals surface area contributed by atoms with Gasteiger partial charge >= 0.3 is 0 Å². The molecule has 0 saturated carbocycles. The van der Waals surface area contributed by atoms with Crippen LogP contribution in [0.25, 0.3) is 0 Å². The fourth-order valence-corrected chi connectivity index (χ4v) is 2.70. The first kappa shape index (κ1) is 13.9. The van der Waals surface area contributed by atoms with Crippen LogP contribution < -0.4 is 5.32 Å². The zero-order chi connectivity index (χ0) is 14.8. The van der Waals surface area contributed by atoms with E-state index in [2.05, 4.69) is 10.4 Å². The zero-order valence-corrected chi connectivity index (χ0v) is 12.1. The summed E-state index contributed by atoms with van der Waals surface area (Å²) < 4.78 is 0. The topological polar surface area (TPSA) is 61.8 Å². The van der Waals surface area contributed by atoms with Crippen molar-refractivity contribution in [2.75, 3.05) is 13.1 Å². The summed E-state index contributed by atoms with van der Waals surface area (Å²) in [4.78, 5) is 24.2. The number of ketones is 1. The first-order valence-corrected chi connectivity index (χ1v) is 7.33. The number of hydrogen-bond acceptors (Lipinski definition) is 4. The minimum absolute atomic E-state index is 0.0221. The van der Waals surface area contributed by atoms with E-state index in [1.807, 2.05) is 25.1 Å². The van der Waals surface area contributed by atoms with E-state index < -0.39 is 0 Å². The van der Waals surface area contributed by atoms with Crippen molar-refractivity contribution >= 4 is 17.9 Å². The number of rotatable bonds is 3. The molecule has 0 spiro atoms. The fraction of sp³-hybridized carbons (Fsp3) is 0.438. The molecule has 5 heteroatoms. The first-order valence-electron chi connectivity index (χ1n) is 7.33. The molecule has 1 aromatic rings. The first-order chi connectivity index (χ1) is 10.1. The van der Waals surface area contributed by atoms with E-state index in [1.54, 1.807) is 6.21 Å². The molecule has 1 unspecified atom stereocenters. The van der Waals surface area contributed by atoms with E-state index in [9.17, 15) is 9.59 Å². The summed E-state index contributed by atoms with van der Waals surface area (Å²) in [6.45, 7) is 3.75. The van der Waals surface area contributed by atoms with Crippen molar-refractivity contribution in [1.29, 1.82) is 0 Å². The van der Waals surface area contributed by atoms with Gasteiger partial charge < -0.3 is 5.32 Å². The molecule has 1 amide bonds. The smallest absolute Gasteiger partial charge is 0.243 e. The van der Waals surface area contributed by atoms with Gasteiger partial charge in [-0.1, -0.05) is 19.1 Å². The third-order valence-corrected chi connectivity index (χ3v) is 3.95. The number of benzene rings is 1. The lowest BCUT2D eigenvalue weighted by Gasteiger charge is -2.22. The summed E-state index contributed by atoms with van der Waals surface area (Å²) in [5.41, 5.74) is 3.12. The molecule has 1 N–H and O–H groups in total. The second-order valence-corrected chi connectivity index (χ2v) is 5.73. The van der Waals surface area contributed by atoms with E-state index in [1.165, 1.54) is 16.1 Å². The molecule has 1 atom stereocenters. The number of nitrogens with one attached hydrogen (secondary N) is 1. The SMILES string of the molecule is CC1C=NN(CC(=O)c2ccc3c(c2)CNCC3)C(=O)C1. The van der Waals surface area contributed by atoms with Gasteiger partial charge in [0.15, 0.2) is 5.78 Å². The predicted molar refractivity (Wildman–Crippen MR) is 80.2 cm³/mol. The molecule has 0 bridgehead atoms. The molecule has 5 nitrogen and oxygen atoms in total. The van der Waals surface area contributed by atoms with Gasteiger partial charge in [0.2, 0.25) is 5.91 Å². The number of nitrogens with zero attached hydrogens (tertiary/aromatic N) is 2. The van der Waals surface area contributed by atoms with Crippen LogP contribution in [0.4, 0.5) is 0 Å². The van der Waals surface area contributed by atoms with Crippen LogP contribution in [-0.4, -0.2) is 36.0 Å². The van der Waals surface area contributed by atoms with Gasteiger partial charge in [-0.3, -0.25) is 9.59 Å². The van der Waals surface area contributed by atoms with Gasteiger partial charge in [-0.05, 0) is 30.2 Å². The Labute approximate surface area is 124 Å². The monoisotopic (exact) mass is 285 g/mol. The number of hydrogen-bond donors (Lipinski definition) is 1. The lowest BCUT2D eigenvalue weighted by Crippen LogP contribution is -2.35. The molecule has 0 radical (unpaired) electrons. The van der Waals surface area contributed by atoms with E-state index in [0.717, 1.165) is 19.5 Å². The normalized spacial score (nSPS) is 21.3. The molecule has 0 aromatic heterocycles. The van der Waals surface area contributed by atoms with Crippen molar-refractivity contribution in [2.45, 2.75) is 26.3 Å². The quantitative estimate of drug-likeness (QED) is 0.853. The molecule has 0 aliphatic carbocycles. The fourth-order valence-electron chi connectivity index (χ4n) is 2.70. The van der Waals surface area contributed by atoms with Crippen molar-refractivity contribution in [1.82, 2.24) is 10.3 Å². The van der Waals surface area contributed by atoms with E-state index >= 15 is 0 Å². The number of amides is 1. The van der Waals surface area contributed by atoms with Crippen molar-refractivity contribution in [3.05, 3.63) is 34.9 Å². The molecule has 1 aromatic carbocycles. The van der Waals surface area contributed by atoms with Gasteiger partial charge in [-0.2, -0.15) is 5.10 Å². The van der Waals surface area contributed by atoms with Crippen LogP contribution in [0.1, 0.15) is 34.8 Å². The van der Waals surface area contributed by atoms with Crippen molar-refractivity contribution in [2.24, 2.45) is 11.0 Å². The highest BCUT2D eigenvalue weighted by Gasteiger charge is 2.23. The minimum Gasteiger partial charge on any atom is -0.312 e. The Morgan fingerprint density at radius 2 is 2.29 bits per heavy atom. The number of Topliss-reactive ketones (excluding diaryl/α,β-unsaturated/α-hetero) is 1. The lowest BCUT2D eigenvalue weighted by atomic mass is 9.97. The molecule has 0 saturated heterocycles. The highest BCUT2D eigenvalue weighted by atomic mass is 16.2. The summed E-state index contributed by atoms with van der Waals surface area (Å²) in [5.74, 6) is 0.0000687. The third kappa shape index (κ3) is 3.03. The van der Waals surface area contributed by atoms with E-state index in [-0.39, 0.29) is 24.2 Å². The van der Waals surface area contributed by atoms with Crippen molar-refractivity contribution in [3.63, 3.8) is 0 Å². The summed E-state index contributed by atoms with van der Waals surface area (Å²) in [5, 5.41) is 8.65. The summed E-state index contributed by atoms with van der Waals surface area (Å²) in [6, 6.07) is 5.81. The minimum atomic E-state index is -0.0852. The molecule has 2 aliphatic rings. The Morgan fingerprint density at radius 1 is 1.43 bits per heavy atom. The number of hydrazone groups is 1. The highest BCUT2D eigenvalue weighted by molar-refractivity contribution is 6.00. The van der Waals surface area contributed by atoms with Crippen molar-refractivity contribution in [3.8, 4) is 0 Å². The molecule has 110 valence electrons. The predicted octanol–water partition coefficient (Wildman–Crippen LogP) is 1.37. The van der Waals surface area contributed by atoms with Crippen LogP contribution in [0.3, 0.4) is 0 Å². The largest absolute Gasteiger partial charge is 0.312 e. The van der Waals surface area contributed by atoms with Crippen molar-refractivity contribution < 1.29 is 9.59 Å². The summed E-state index contributed by atoms with van der Waals surface area (Å²) in [7, 11) is 0. The second kappa shape index (κ2) is 5.77.